The van der Waals surface area contributed by atoms with Gasteiger partial charge in [-0.15, -0.1) is 11.3 Å². The molecule has 1 unspecified atom stereocenters. The summed E-state index contributed by atoms with van der Waals surface area (Å²) in [4.78, 5) is 25.5. The standard InChI is InChI=1S/C22H29N3O2S2/c1-6-17-14(5)29-21(18(17)19(23)26)25-22(28)24-20(27)13(4)16-9-7-15(8-10-16)11-12(2)3/h7-10,12-13H,6,11H2,1-5H3,(H2,23,26)(H2,24,25,27,28). The molecule has 0 aliphatic carbocycles. The quantitative estimate of drug-likeness (QED) is 0.562. The number of rotatable bonds is 7. The molecule has 0 fully saturated rings. The number of hydrogen-bond donors (Lipinski definition) is 3. The largest absolute Gasteiger partial charge is 0.365 e. The molecular formula is C22H29N3O2S2. The van der Waals surface area contributed by atoms with Gasteiger partial charge in [0.1, 0.15) is 5.00 Å². The van der Waals surface area contributed by atoms with Crippen LogP contribution in [0.4, 0.5) is 5.00 Å². The van der Waals surface area contributed by atoms with Crippen molar-refractivity contribution in [3.05, 3.63) is 51.4 Å². The van der Waals surface area contributed by atoms with E-state index in [1.165, 1.54) is 16.9 Å². The van der Waals surface area contributed by atoms with E-state index < -0.39 is 5.91 Å². The molecule has 0 saturated heterocycles. The molecule has 29 heavy (non-hydrogen) atoms. The van der Waals surface area contributed by atoms with Crippen LogP contribution in [-0.2, 0) is 17.6 Å². The van der Waals surface area contributed by atoms with E-state index >= 15 is 0 Å². The van der Waals surface area contributed by atoms with Gasteiger partial charge in [0.25, 0.3) is 5.91 Å². The Morgan fingerprint density at radius 1 is 1.17 bits per heavy atom. The van der Waals surface area contributed by atoms with Gasteiger partial charge in [-0.2, -0.15) is 0 Å². The average molecular weight is 432 g/mol. The van der Waals surface area contributed by atoms with Crippen LogP contribution in [0, 0.1) is 12.8 Å². The van der Waals surface area contributed by atoms with Gasteiger partial charge in [-0.3, -0.25) is 9.59 Å². The van der Waals surface area contributed by atoms with Crippen LogP contribution < -0.4 is 16.4 Å². The van der Waals surface area contributed by atoms with Gasteiger partial charge in [0.15, 0.2) is 5.11 Å². The summed E-state index contributed by atoms with van der Waals surface area (Å²) in [5.74, 6) is -0.472. The minimum atomic E-state index is -0.502. The molecule has 1 aromatic carbocycles. The van der Waals surface area contributed by atoms with Crippen molar-refractivity contribution in [3.63, 3.8) is 0 Å². The molecule has 2 aromatic rings. The molecule has 2 rings (SSSR count). The summed E-state index contributed by atoms with van der Waals surface area (Å²) in [5, 5.41) is 6.42. The Bertz CT molecular complexity index is 902. The Labute approximate surface area is 182 Å². The van der Waals surface area contributed by atoms with Crippen molar-refractivity contribution in [2.75, 3.05) is 5.32 Å². The number of carbonyl (C=O) groups excluding carboxylic acids is 2. The van der Waals surface area contributed by atoms with E-state index in [1.54, 1.807) is 0 Å². The van der Waals surface area contributed by atoms with Crippen LogP contribution in [-0.4, -0.2) is 16.9 Å². The second-order valence-corrected chi connectivity index (χ2v) is 9.20. The van der Waals surface area contributed by atoms with E-state index in [0.717, 1.165) is 22.4 Å². The van der Waals surface area contributed by atoms with Crippen LogP contribution in [0.2, 0.25) is 0 Å². The van der Waals surface area contributed by atoms with Gasteiger partial charge in [-0.1, -0.05) is 45.0 Å². The lowest BCUT2D eigenvalue weighted by atomic mass is 9.96. The summed E-state index contributed by atoms with van der Waals surface area (Å²) in [6, 6.07) is 8.10. The smallest absolute Gasteiger partial charge is 0.251 e. The van der Waals surface area contributed by atoms with E-state index in [2.05, 4.69) is 36.6 Å². The summed E-state index contributed by atoms with van der Waals surface area (Å²) >= 11 is 6.71. The van der Waals surface area contributed by atoms with E-state index in [9.17, 15) is 9.59 Å². The topological polar surface area (TPSA) is 84.2 Å². The predicted octanol–water partition coefficient (Wildman–Crippen LogP) is 4.53. The maximum atomic E-state index is 12.6. The lowest BCUT2D eigenvalue weighted by molar-refractivity contribution is -0.120. The first kappa shape index (κ1) is 23.0. The first-order valence-electron chi connectivity index (χ1n) is 9.76. The minimum Gasteiger partial charge on any atom is -0.365 e. The zero-order valence-corrected chi connectivity index (χ0v) is 19.2. The number of nitrogens with two attached hydrogens (primary N) is 1. The average Bonchev–Trinajstić information content (AvgIpc) is 2.96. The molecule has 0 aliphatic rings. The third-order valence-electron chi connectivity index (χ3n) is 4.79. The van der Waals surface area contributed by atoms with Crippen LogP contribution in [0.25, 0.3) is 0 Å². The van der Waals surface area contributed by atoms with E-state index in [-0.39, 0.29) is 16.9 Å². The lowest BCUT2D eigenvalue weighted by Crippen LogP contribution is -2.37. The number of nitrogens with one attached hydrogen (secondary N) is 2. The molecule has 0 saturated carbocycles. The summed E-state index contributed by atoms with van der Waals surface area (Å²) in [5.41, 5.74) is 9.08. The molecule has 1 heterocycles. The molecule has 1 atom stereocenters. The Kier molecular flexibility index (Phi) is 7.93. The Morgan fingerprint density at radius 2 is 1.79 bits per heavy atom. The predicted molar refractivity (Wildman–Crippen MR) is 125 cm³/mol. The maximum Gasteiger partial charge on any atom is 0.251 e. The molecule has 5 nitrogen and oxygen atoms in total. The number of hydrogen-bond acceptors (Lipinski definition) is 4. The molecule has 1 aromatic heterocycles. The molecule has 0 aliphatic heterocycles. The normalized spacial score (nSPS) is 11.9. The highest BCUT2D eigenvalue weighted by Gasteiger charge is 2.21. The number of carbonyl (C=O) groups is 2. The first-order valence-corrected chi connectivity index (χ1v) is 11.0. The van der Waals surface area contributed by atoms with Crippen LogP contribution in [0.15, 0.2) is 24.3 Å². The Morgan fingerprint density at radius 3 is 2.31 bits per heavy atom. The first-order chi connectivity index (χ1) is 13.6. The molecular weight excluding hydrogens is 402 g/mol. The van der Waals surface area contributed by atoms with Gasteiger partial charge in [0.2, 0.25) is 5.91 Å². The minimum absolute atomic E-state index is 0.157. The molecule has 0 spiro atoms. The number of amides is 2. The van der Waals surface area contributed by atoms with Gasteiger partial charge < -0.3 is 16.4 Å². The second kappa shape index (κ2) is 9.98. The van der Waals surface area contributed by atoms with Crippen LogP contribution in [0.3, 0.4) is 0 Å². The van der Waals surface area contributed by atoms with Crippen LogP contribution >= 0.6 is 23.6 Å². The van der Waals surface area contributed by atoms with Crippen molar-refractivity contribution in [2.45, 2.75) is 53.4 Å². The lowest BCUT2D eigenvalue weighted by Gasteiger charge is -2.15. The monoisotopic (exact) mass is 431 g/mol. The summed E-state index contributed by atoms with van der Waals surface area (Å²) < 4.78 is 0. The summed E-state index contributed by atoms with van der Waals surface area (Å²) in [6.45, 7) is 10.1. The molecule has 0 bridgehead atoms. The number of anilines is 1. The summed E-state index contributed by atoms with van der Waals surface area (Å²) in [7, 11) is 0. The van der Waals surface area contributed by atoms with Crippen molar-refractivity contribution < 1.29 is 9.59 Å². The zero-order chi connectivity index (χ0) is 21.7. The van der Waals surface area contributed by atoms with E-state index in [0.29, 0.717) is 22.9 Å². The van der Waals surface area contributed by atoms with E-state index in [1.807, 2.05) is 32.9 Å². The number of benzene rings is 1. The fourth-order valence-electron chi connectivity index (χ4n) is 3.27. The molecule has 156 valence electrons. The second-order valence-electron chi connectivity index (χ2n) is 7.56. The van der Waals surface area contributed by atoms with Crippen molar-refractivity contribution >= 4 is 45.5 Å². The third-order valence-corrected chi connectivity index (χ3v) is 6.06. The number of thiophene rings is 1. The number of thiocarbonyl (C=S) groups is 1. The van der Waals surface area contributed by atoms with Gasteiger partial charge >= 0.3 is 0 Å². The highest BCUT2D eigenvalue weighted by Crippen LogP contribution is 2.33. The van der Waals surface area contributed by atoms with Gasteiger partial charge in [-0.05, 0) is 61.5 Å². The number of primary amides is 1. The maximum absolute atomic E-state index is 12.6. The highest BCUT2D eigenvalue weighted by molar-refractivity contribution is 7.80. The molecule has 4 N–H and O–H groups in total. The van der Waals surface area contributed by atoms with Gasteiger partial charge in [-0.25, -0.2) is 0 Å². The Balaban J connectivity index is 2.05. The van der Waals surface area contributed by atoms with Crippen LogP contribution in [0.1, 0.15) is 65.5 Å². The fourth-order valence-corrected chi connectivity index (χ4v) is 4.69. The molecule has 0 radical (unpaired) electrons. The Hall–Kier alpha value is -2.25. The van der Waals surface area contributed by atoms with Gasteiger partial charge in [0.05, 0.1) is 11.5 Å². The third kappa shape index (κ3) is 5.87. The van der Waals surface area contributed by atoms with E-state index in [4.69, 9.17) is 18.0 Å². The summed E-state index contributed by atoms with van der Waals surface area (Å²) in [6.07, 6.45) is 1.71. The SMILES string of the molecule is CCc1c(C)sc(NC(=S)NC(=O)C(C)c2ccc(CC(C)C)cc2)c1C(N)=O. The number of aryl methyl sites for hydroxylation is 1. The van der Waals surface area contributed by atoms with Crippen molar-refractivity contribution in [3.8, 4) is 0 Å². The highest BCUT2D eigenvalue weighted by atomic mass is 32.1. The molecule has 7 heteroatoms. The van der Waals surface area contributed by atoms with Crippen molar-refractivity contribution in [1.82, 2.24) is 5.32 Å². The molecule has 2 amide bonds. The fraction of sp³-hybridized carbons (Fsp3) is 0.409. The van der Waals surface area contributed by atoms with Crippen molar-refractivity contribution in [2.24, 2.45) is 11.7 Å². The van der Waals surface area contributed by atoms with Gasteiger partial charge in [0, 0.05) is 4.88 Å². The zero-order valence-electron chi connectivity index (χ0n) is 17.6. The van der Waals surface area contributed by atoms with Crippen LogP contribution in [0.5, 0.6) is 0 Å². The van der Waals surface area contributed by atoms with Crippen molar-refractivity contribution in [1.29, 1.82) is 0 Å².